The van der Waals surface area contributed by atoms with Crippen LogP contribution in [0.1, 0.15) is 45.0 Å². The summed E-state index contributed by atoms with van der Waals surface area (Å²) in [5.74, 6) is 1.44. The summed E-state index contributed by atoms with van der Waals surface area (Å²) < 4.78 is 0. The number of aromatic nitrogens is 4. The van der Waals surface area contributed by atoms with E-state index in [1.165, 1.54) is 0 Å². The Morgan fingerprint density at radius 3 is 2.64 bits per heavy atom. The summed E-state index contributed by atoms with van der Waals surface area (Å²) in [5.41, 5.74) is 2.42. The van der Waals surface area contributed by atoms with E-state index in [-0.39, 0.29) is 11.3 Å². The maximum absolute atomic E-state index is 12.5. The Kier molecular flexibility index (Phi) is 4.88. The third kappa shape index (κ3) is 4.24. The van der Waals surface area contributed by atoms with E-state index in [1.807, 2.05) is 38.8 Å². The number of hydrogen-bond acceptors (Lipinski definition) is 4. The third-order valence-corrected chi connectivity index (χ3v) is 4.60. The molecule has 0 unspecified atom stereocenters. The first-order valence-corrected chi connectivity index (χ1v) is 8.95. The minimum Gasteiger partial charge on any atom is -0.342 e. The number of rotatable bonds is 3. The lowest BCUT2D eigenvalue weighted by Gasteiger charge is -2.36. The van der Waals surface area contributed by atoms with Crippen molar-refractivity contribution in [2.75, 3.05) is 13.1 Å². The molecule has 0 bridgehead atoms. The zero-order chi connectivity index (χ0) is 18.0. The first-order valence-electron chi connectivity index (χ1n) is 8.95. The number of piperidine rings is 1. The molecule has 0 radical (unpaired) electrons. The summed E-state index contributed by atoms with van der Waals surface area (Å²) in [6.45, 7) is 9.61. The van der Waals surface area contributed by atoms with Crippen molar-refractivity contribution in [1.29, 1.82) is 0 Å². The van der Waals surface area contributed by atoms with E-state index in [9.17, 15) is 4.79 Å². The molecular formula is C19H27N5O. The van der Waals surface area contributed by atoms with E-state index in [2.05, 4.69) is 19.9 Å². The van der Waals surface area contributed by atoms with Gasteiger partial charge >= 0.3 is 0 Å². The largest absolute Gasteiger partial charge is 0.342 e. The molecule has 3 heterocycles. The van der Waals surface area contributed by atoms with Crippen LogP contribution in [0, 0.1) is 18.3 Å². The fourth-order valence-corrected chi connectivity index (χ4v) is 3.31. The maximum atomic E-state index is 12.5. The van der Waals surface area contributed by atoms with E-state index in [4.69, 9.17) is 0 Å². The molecule has 6 heteroatoms. The molecule has 1 amide bonds. The number of carbonyl (C=O) groups is 1. The summed E-state index contributed by atoms with van der Waals surface area (Å²) in [5, 5.41) is 0. The second-order valence-corrected chi connectivity index (χ2v) is 8.02. The van der Waals surface area contributed by atoms with Gasteiger partial charge in [-0.05, 0) is 32.1 Å². The van der Waals surface area contributed by atoms with Crippen LogP contribution >= 0.6 is 0 Å². The van der Waals surface area contributed by atoms with Gasteiger partial charge in [0.25, 0.3) is 0 Å². The van der Waals surface area contributed by atoms with Crippen molar-refractivity contribution in [2.45, 2.75) is 47.0 Å². The molecule has 0 aromatic carbocycles. The Morgan fingerprint density at radius 2 is 2.04 bits per heavy atom. The number of imidazole rings is 1. The van der Waals surface area contributed by atoms with Crippen LogP contribution in [0.15, 0.2) is 18.6 Å². The van der Waals surface area contributed by atoms with E-state index in [0.29, 0.717) is 5.92 Å². The van der Waals surface area contributed by atoms with Gasteiger partial charge in [-0.2, -0.15) is 0 Å². The predicted molar refractivity (Wildman–Crippen MR) is 96.8 cm³/mol. The molecule has 3 rings (SSSR count). The Labute approximate surface area is 149 Å². The highest BCUT2D eigenvalue weighted by Gasteiger charge is 2.31. The fraction of sp³-hybridized carbons (Fsp3) is 0.579. The summed E-state index contributed by atoms with van der Waals surface area (Å²) in [4.78, 5) is 31.0. The summed E-state index contributed by atoms with van der Waals surface area (Å²) in [7, 11) is 0. The number of carbonyl (C=O) groups excluding carboxylic acids is 1. The third-order valence-electron chi connectivity index (χ3n) is 4.60. The number of amides is 1. The number of nitrogens with zero attached hydrogens (tertiary/aromatic N) is 4. The Balaban J connectivity index is 1.63. The topological polar surface area (TPSA) is 74.8 Å². The lowest BCUT2D eigenvalue weighted by atomic mass is 9.89. The average Bonchev–Trinajstić information content (AvgIpc) is 3.01. The van der Waals surface area contributed by atoms with E-state index >= 15 is 0 Å². The number of aryl methyl sites for hydroxylation is 1. The number of hydrogen-bond donors (Lipinski definition) is 1. The predicted octanol–water partition coefficient (Wildman–Crippen LogP) is 3.00. The van der Waals surface area contributed by atoms with Crippen molar-refractivity contribution in [3.8, 4) is 11.5 Å². The van der Waals surface area contributed by atoms with Gasteiger partial charge in [-0.3, -0.25) is 9.78 Å². The van der Waals surface area contributed by atoms with Crippen LogP contribution in [0.4, 0.5) is 0 Å². The number of nitrogens with one attached hydrogen (secondary N) is 1. The molecular weight excluding hydrogens is 314 g/mol. The smallest absolute Gasteiger partial charge is 0.227 e. The zero-order valence-electron chi connectivity index (χ0n) is 15.5. The highest BCUT2D eigenvalue weighted by Crippen LogP contribution is 2.25. The Hall–Kier alpha value is -2.24. The van der Waals surface area contributed by atoms with Gasteiger partial charge in [-0.1, -0.05) is 20.8 Å². The molecule has 2 aromatic rings. The number of H-pyrrole nitrogens is 1. The second-order valence-electron chi connectivity index (χ2n) is 8.02. The normalized spacial score (nSPS) is 18.4. The minimum absolute atomic E-state index is 0.242. The maximum Gasteiger partial charge on any atom is 0.227 e. The molecule has 1 saturated heterocycles. The van der Waals surface area contributed by atoms with Crippen molar-refractivity contribution in [2.24, 2.45) is 11.3 Å². The monoisotopic (exact) mass is 341 g/mol. The van der Waals surface area contributed by atoms with E-state index < -0.39 is 0 Å². The molecule has 1 fully saturated rings. The lowest BCUT2D eigenvalue weighted by molar-refractivity contribution is -0.141. The molecule has 25 heavy (non-hydrogen) atoms. The minimum atomic E-state index is -0.315. The van der Waals surface area contributed by atoms with Crippen LogP contribution in [0.3, 0.4) is 0 Å². The molecule has 1 aliphatic heterocycles. The molecule has 2 aromatic heterocycles. The van der Waals surface area contributed by atoms with Gasteiger partial charge in [0.15, 0.2) is 5.82 Å². The lowest BCUT2D eigenvalue weighted by Crippen LogP contribution is -2.45. The summed E-state index contributed by atoms with van der Waals surface area (Å²) >= 11 is 0. The van der Waals surface area contributed by atoms with Crippen molar-refractivity contribution in [3.63, 3.8) is 0 Å². The van der Waals surface area contributed by atoms with Crippen molar-refractivity contribution >= 4 is 5.91 Å². The van der Waals surface area contributed by atoms with Crippen LogP contribution in [-0.2, 0) is 11.2 Å². The molecule has 134 valence electrons. The van der Waals surface area contributed by atoms with Crippen LogP contribution < -0.4 is 0 Å². The molecule has 1 atom stereocenters. The first-order chi connectivity index (χ1) is 11.8. The molecule has 1 aliphatic rings. The molecule has 0 saturated carbocycles. The molecule has 1 N–H and O–H groups in total. The van der Waals surface area contributed by atoms with Gasteiger partial charge in [0.1, 0.15) is 5.69 Å². The van der Waals surface area contributed by atoms with Crippen molar-refractivity contribution in [1.82, 2.24) is 24.8 Å². The van der Waals surface area contributed by atoms with Gasteiger partial charge in [-0.25, -0.2) is 9.97 Å². The van der Waals surface area contributed by atoms with Crippen molar-refractivity contribution in [3.05, 3.63) is 30.0 Å². The highest BCUT2D eigenvalue weighted by molar-refractivity contribution is 5.81. The van der Waals surface area contributed by atoms with E-state index in [0.717, 1.165) is 55.3 Å². The Morgan fingerprint density at radius 1 is 1.24 bits per heavy atom. The van der Waals surface area contributed by atoms with Crippen LogP contribution in [0.2, 0.25) is 0 Å². The molecule has 0 aliphatic carbocycles. The van der Waals surface area contributed by atoms with Crippen molar-refractivity contribution < 1.29 is 4.79 Å². The van der Waals surface area contributed by atoms with Gasteiger partial charge < -0.3 is 9.88 Å². The first kappa shape index (κ1) is 17.6. The number of aromatic amines is 1. The zero-order valence-corrected chi connectivity index (χ0v) is 15.5. The van der Waals surface area contributed by atoms with Gasteiger partial charge in [-0.15, -0.1) is 0 Å². The van der Waals surface area contributed by atoms with Gasteiger partial charge in [0.2, 0.25) is 5.91 Å². The van der Waals surface area contributed by atoms with E-state index in [1.54, 1.807) is 12.4 Å². The number of likely N-dealkylation sites (tertiary alicyclic amines) is 1. The standard InChI is InChI=1S/C19H27N5O/c1-13-9-22-17(23-13)16-11-20-15(10-21-16)8-14-6-5-7-24(12-14)18(25)19(2,3)4/h9-11,14H,5-8,12H2,1-4H3,(H,22,23)/t14-/m0/s1. The molecule has 6 nitrogen and oxygen atoms in total. The average molecular weight is 341 g/mol. The van der Waals surface area contributed by atoms with Crippen LogP contribution in [-0.4, -0.2) is 43.8 Å². The van der Waals surface area contributed by atoms with Gasteiger partial charge in [0, 0.05) is 36.6 Å². The van der Waals surface area contributed by atoms with Crippen LogP contribution in [0.5, 0.6) is 0 Å². The fourth-order valence-electron chi connectivity index (χ4n) is 3.31. The van der Waals surface area contributed by atoms with Gasteiger partial charge in [0.05, 0.1) is 11.9 Å². The highest BCUT2D eigenvalue weighted by atomic mass is 16.2. The second kappa shape index (κ2) is 6.94. The summed E-state index contributed by atoms with van der Waals surface area (Å²) in [6, 6.07) is 0. The Bertz CT molecular complexity index is 729. The quantitative estimate of drug-likeness (QED) is 0.931. The van der Waals surface area contributed by atoms with Crippen LogP contribution in [0.25, 0.3) is 11.5 Å². The SMILES string of the molecule is Cc1cnc(-c2cnc(C[C@@H]3CCCN(C(=O)C(C)(C)C)C3)cn2)[nH]1. The summed E-state index contributed by atoms with van der Waals surface area (Å²) in [6.07, 6.45) is 8.44. The molecule has 0 spiro atoms.